The van der Waals surface area contributed by atoms with Gasteiger partial charge in [0.05, 0.1) is 18.1 Å². The van der Waals surface area contributed by atoms with Gasteiger partial charge in [-0.3, -0.25) is 19.8 Å². The summed E-state index contributed by atoms with van der Waals surface area (Å²) in [5, 5.41) is 0.867. The Kier molecular flexibility index (Phi) is 2.85. The SMILES string of the molecule is O=C(NN1C(=O)[C@H]2CCCC[C@H]2C1=O)c1ccco1. The molecule has 1 saturated heterocycles. The number of nitrogens with one attached hydrogen (secondary N) is 1. The summed E-state index contributed by atoms with van der Waals surface area (Å²) in [6, 6.07) is 3.05. The molecule has 3 rings (SSSR count). The van der Waals surface area contributed by atoms with Crippen molar-refractivity contribution in [3.63, 3.8) is 0 Å². The summed E-state index contributed by atoms with van der Waals surface area (Å²) in [4.78, 5) is 36.0. The lowest BCUT2D eigenvalue weighted by atomic mass is 9.81. The predicted molar refractivity (Wildman–Crippen MR) is 63.5 cm³/mol. The van der Waals surface area contributed by atoms with E-state index in [0.717, 1.165) is 30.7 Å². The molecule has 100 valence electrons. The molecule has 0 radical (unpaired) electrons. The third-order valence-corrected chi connectivity index (χ3v) is 3.80. The Hall–Kier alpha value is -2.11. The van der Waals surface area contributed by atoms with E-state index in [4.69, 9.17) is 4.42 Å². The molecule has 1 aromatic rings. The van der Waals surface area contributed by atoms with E-state index in [2.05, 4.69) is 5.43 Å². The molecule has 2 atom stereocenters. The maximum atomic E-state index is 12.1. The first-order valence-corrected chi connectivity index (χ1v) is 6.41. The van der Waals surface area contributed by atoms with E-state index in [-0.39, 0.29) is 29.4 Å². The van der Waals surface area contributed by atoms with Crippen LogP contribution in [0.15, 0.2) is 22.8 Å². The molecule has 3 amide bonds. The molecule has 0 unspecified atom stereocenters. The summed E-state index contributed by atoms with van der Waals surface area (Å²) in [5.41, 5.74) is 2.34. The Bertz CT molecular complexity index is 499. The van der Waals surface area contributed by atoms with Crippen LogP contribution in [0.4, 0.5) is 0 Å². The number of amides is 3. The Morgan fingerprint density at radius 2 is 1.84 bits per heavy atom. The van der Waals surface area contributed by atoms with E-state index < -0.39 is 5.91 Å². The molecule has 1 aromatic heterocycles. The fourth-order valence-electron chi connectivity index (χ4n) is 2.84. The van der Waals surface area contributed by atoms with Gasteiger partial charge >= 0.3 is 5.91 Å². The zero-order valence-corrected chi connectivity index (χ0v) is 10.3. The molecule has 1 N–H and O–H groups in total. The van der Waals surface area contributed by atoms with Crippen molar-refractivity contribution >= 4 is 17.7 Å². The Labute approximate surface area is 109 Å². The first kappa shape index (κ1) is 12.0. The molecule has 1 saturated carbocycles. The molecule has 19 heavy (non-hydrogen) atoms. The van der Waals surface area contributed by atoms with Gasteiger partial charge in [0.25, 0.3) is 11.8 Å². The van der Waals surface area contributed by atoms with Crippen molar-refractivity contribution in [3.8, 4) is 0 Å². The molecular weight excluding hydrogens is 248 g/mol. The number of carbonyl (C=O) groups excluding carboxylic acids is 3. The number of rotatable bonds is 2. The minimum atomic E-state index is -0.578. The van der Waals surface area contributed by atoms with E-state index >= 15 is 0 Å². The topological polar surface area (TPSA) is 79.6 Å². The third-order valence-electron chi connectivity index (χ3n) is 3.80. The van der Waals surface area contributed by atoms with Crippen molar-refractivity contribution in [2.45, 2.75) is 25.7 Å². The molecule has 2 heterocycles. The summed E-state index contributed by atoms with van der Waals surface area (Å²) in [5.74, 6) is -1.62. The summed E-state index contributed by atoms with van der Waals surface area (Å²) in [6.45, 7) is 0. The normalized spacial score (nSPS) is 26.4. The summed E-state index contributed by atoms with van der Waals surface area (Å²) >= 11 is 0. The number of fused-ring (bicyclic) bond motifs is 1. The fourth-order valence-corrected chi connectivity index (χ4v) is 2.84. The molecule has 1 aliphatic heterocycles. The van der Waals surface area contributed by atoms with Gasteiger partial charge in [0, 0.05) is 0 Å². The van der Waals surface area contributed by atoms with Crippen LogP contribution >= 0.6 is 0 Å². The van der Waals surface area contributed by atoms with Crippen LogP contribution in [0, 0.1) is 11.8 Å². The Morgan fingerprint density at radius 3 is 2.37 bits per heavy atom. The van der Waals surface area contributed by atoms with Gasteiger partial charge in [-0.2, -0.15) is 5.01 Å². The standard InChI is InChI=1S/C13H14N2O4/c16-11(10-6-3-7-19-10)14-15-12(17)8-4-1-2-5-9(8)13(15)18/h3,6-9H,1-2,4-5H2,(H,14,16)/t8-,9+. The largest absolute Gasteiger partial charge is 0.459 e. The molecule has 0 bridgehead atoms. The lowest BCUT2D eigenvalue weighted by Crippen LogP contribution is -2.46. The van der Waals surface area contributed by atoms with Crippen LogP contribution in [0.1, 0.15) is 36.2 Å². The van der Waals surface area contributed by atoms with Crippen LogP contribution < -0.4 is 5.43 Å². The zero-order valence-electron chi connectivity index (χ0n) is 10.3. The van der Waals surface area contributed by atoms with Gasteiger partial charge in [-0.1, -0.05) is 12.8 Å². The van der Waals surface area contributed by atoms with Crippen LogP contribution in [0.5, 0.6) is 0 Å². The lowest BCUT2D eigenvalue weighted by Gasteiger charge is -2.19. The van der Waals surface area contributed by atoms with E-state index in [9.17, 15) is 14.4 Å². The van der Waals surface area contributed by atoms with Crippen LogP contribution in [-0.4, -0.2) is 22.7 Å². The van der Waals surface area contributed by atoms with Crippen LogP contribution in [0.2, 0.25) is 0 Å². The Morgan fingerprint density at radius 1 is 1.21 bits per heavy atom. The van der Waals surface area contributed by atoms with Gasteiger partial charge in [0.1, 0.15) is 0 Å². The van der Waals surface area contributed by atoms with Crippen LogP contribution in [0.25, 0.3) is 0 Å². The van der Waals surface area contributed by atoms with Gasteiger partial charge in [0.15, 0.2) is 5.76 Å². The van der Waals surface area contributed by atoms with Gasteiger partial charge in [-0.15, -0.1) is 0 Å². The van der Waals surface area contributed by atoms with E-state index in [0.29, 0.717) is 0 Å². The van der Waals surface area contributed by atoms with Crippen LogP contribution in [-0.2, 0) is 9.59 Å². The first-order chi connectivity index (χ1) is 9.18. The van der Waals surface area contributed by atoms with Crippen LogP contribution in [0.3, 0.4) is 0 Å². The average Bonchev–Trinajstić information content (AvgIpc) is 3.03. The second-order valence-corrected chi connectivity index (χ2v) is 4.93. The van der Waals surface area contributed by atoms with Gasteiger partial charge < -0.3 is 4.42 Å². The van der Waals surface area contributed by atoms with E-state index in [1.807, 2.05) is 0 Å². The number of hydrazine groups is 1. The Balaban J connectivity index is 1.76. The molecule has 6 heteroatoms. The second-order valence-electron chi connectivity index (χ2n) is 4.93. The number of imide groups is 1. The highest BCUT2D eigenvalue weighted by Crippen LogP contribution is 2.37. The third kappa shape index (κ3) is 1.93. The number of nitrogens with zero attached hydrogens (tertiary/aromatic N) is 1. The summed E-state index contributed by atoms with van der Waals surface area (Å²) < 4.78 is 4.93. The van der Waals surface area contributed by atoms with Crippen molar-refractivity contribution in [2.24, 2.45) is 11.8 Å². The smallest absolute Gasteiger partial charge is 0.305 e. The summed E-state index contributed by atoms with van der Waals surface area (Å²) in [6.07, 6.45) is 4.73. The predicted octanol–water partition coefficient (Wildman–Crippen LogP) is 1.10. The van der Waals surface area contributed by atoms with Crippen molar-refractivity contribution < 1.29 is 18.8 Å². The quantitative estimate of drug-likeness (QED) is 0.809. The number of hydrogen-bond donors (Lipinski definition) is 1. The van der Waals surface area contributed by atoms with Gasteiger partial charge in [0.2, 0.25) is 0 Å². The minimum Gasteiger partial charge on any atom is -0.459 e. The molecule has 2 fully saturated rings. The maximum absolute atomic E-state index is 12.1. The van der Waals surface area contributed by atoms with Crippen molar-refractivity contribution in [1.82, 2.24) is 10.4 Å². The molecule has 0 aromatic carbocycles. The second kappa shape index (κ2) is 4.53. The highest BCUT2D eigenvalue weighted by molar-refractivity contribution is 6.07. The number of hydrogen-bond acceptors (Lipinski definition) is 4. The highest BCUT2D eigenvalue weighted by Gasteiger charge is 2.49. The monoisotopic (exact) mass is 262 g/mol. The van der Waals surface area contributed by atoms with Crippen molar-refractivity contribution in [1.29, 1.82) is 0 Å². The fraction of sp³-hybridized carbons (Fsp3) is 0.462. The molecule has 0 spiro atoms. The number of furan rings is 1. The molecule has 6 nitrogen and oxygen atoms in total. The lowest BCUT2D eigenvalue weighted by molar-refractivity contribution is -0.142. The minimum absolute atomic E-state index is 0.0791. The van der Waals surface area contributed by atoms with E-state index in [1.165, 1.54) is 12.3 Å². The van der Waals surface area contributed by atoms with Crippen molar-refractivity contribution in [3.05, 3.63) is 24.2 Å². The molecule has 2 aliphatic rings. The van der Waals surface area contributed by atoms with Gasteiger partial charge in [-0.05, 0) is 25.0 Å². The molecule has 1 aliphatic carbocycles. The average molecular weight is 262 g/mol. The summed E-state index contributed by atoms with van der Waals surface area (Å²) in [7, 11) is 0. The highest BCUT2D eigenvalue weighted by atomic mass is 16.3. The maximum Gasteiger partial charge on any atom is 0.305 e. The molecular formula is C13H14N2O4. The van der Waals surface area contributed by atoms with Gasteiger partial charge in [-0.25, -0.2) is 0 Å². The first-order valence-electron chi connectivity index (χ1n) is 6.41. The van der Waals surface area contributed by atoms with Crippen molar-refractivity contribution in [2.75, 3.05) is 0 Å². The van der Waals surface area contributed by atoms with E-state index in [1.54, 1.807) is 6.07 Å². The number of carbonyl (C=O) groups is 3. The zero-order chi connectivity index (χ0) is 13.4.